The third kappa shape index (κ3) is 2.98. The average Bonchev–Trinajstić information content (AvgIpc) is 2.34. The van der Waals surface area contributed by atoms with Crippen molar-refractivity contribution < 1.29 is 0 Å². The number of aromatic nitrogens is 2. The van der Waals surface area contributed by atoms with Gasteiger partial charge in [0.1, 0.15) is 5.82 Å². The Morgan fingerprint density at radius 1 is 1.22 bits per heavy atom. The molecule has 0 saturated carbocycles. The lowest BCUT2D eigenvalue weighted by Gasteiger charge is -2.10. The van der Waals surface area contributed by atoms with Crippen molar-refractivity contribution in [1.82, 2.24) is 9.97 Å². The van der Waals surface area contributed by atoms with Gasteiger partial charge in [-0.05, 0) is 39.5 Å². The molecule has 0 atom stereocenters. The minimum atomic E-state index is 0.250. The van der Waals surface area contributed by atoms with Crippen molar-refractivity contribution >= 4 is 33.4 Å². The summed E-state index contributed by atoms with van der Waals surface area (Å²) in [7, 11) is 0. The van der Waals surface area contributed by atoms with Crippen LogP contribution in [0.25, 0.3) is 0 Å². The monoisotopic (exact) mass is 306 g/mol. The summed E-state index contributed by atoms with van der Waals surface area (Å²) >= 11 is 3.38. The molecular formula is C13H15BrN4. The summed E-state index contributed by atoms with van der Waals surface area (Å²) in [5.41, 5.74) is 7.84. The van der Waals surface area contributed by atoms with Crippen LogP contribution in [0, 0.1) is 0 Å². The fourth-order valence-corrected chi connectivity index (χ4v) is 1.85. The smallest absolute Gasteiger partial charge is 0.222 e. The van der Waals surface area contributed by atoms with Crippen LogP contribution in [0.15, 0.2) is 34.9 Å². The lowest BCUT2D eigenvalue weighted by atomic mass is 10.0. The fraction of sp³-hybridized carbons (Fsp3) is 0.231. The molecule has 0 spiro atoms. The molecule has 0 fully saturated rings. The molecule has 94 valence electrons. The van der Waals surface area contributed by atoms with Gasteiger partial charge in [-0.25, -0.2) is 4.98 Å². The molecule has 2 aromatic rings. The average molecular weight is 307 g/mol. The summed E-state index contributed by atoms with van der Waals surface area (Å²) in [5, 5.41) is 3.20. The number of anilines is 3. The van der Waals surface area contributed by atoms with Crippen LogP contribution < -0.4 is 11.1 Å². The second-order valence-corrected chi connectivity index (χ2v) is 5.18. The normalized spacial score (nSPS) is 10.7. The Morgan fingerprint density at radius 2 is 1.89 bits per heavy atom. The summed E-state index contributed by atoms with van der Waals surface area (Å²) in [6.45, 7) is 4.34. The number of nitrogens with two attached hydrogens (primary N) is 1. The Kier molecular flexibility index (Phi) is 3.81. The fourth-order valence-electron chi connectivity index (χ4n) is 1.56. The van der Waals surface area contributed by atoms with E-state index in [4.69, 9.17) is 5.73 Å². The van der Waals surface area contributed by atoms with Gasteiger partial charge in [0.05, 0.1) is 4.47 Å². The number of halogens is 1. The molecule has 3 N–H and O–H groups in total. The second kappa shape index (κ2) is 5.35. The van der Waals surface area contributed by atoms with E-state index in [9.17, 15) is 0 Å². The molecule has 1 aromatic carbocycles. The van der Waals surface area contributed by atoms with Crippen LogP contribution in [-0.2, 0) is 0 Å². The summed E-state index contributed by atoms with van der Waals surface area (Å²) in [6, 6.07) is 8.26. The zero-order valence-corrected chi connectivity index (χ0v) is 11.9. The van der Waals surface area contributed by atoms with Gasteiger partial charge in [0.2, 0.25) is 5.95 Å². The molecule has 2 rings (SSSR count). The van der Waals surface area contributed by atoms with Crippen molar-refractivity contribution in [2.24, 2.45) is 0 Å². The zero-order valence-electron chi connectivity index (χ0n) is 10.3. The highest BCUT2D eigenvalue weighted by molar-refractivity contribution is 9.10. The number of nitrogens with zero attached hydrogens (tertiary/aromatic N) is 2. The molecule has 0 amide bonds. The van der Waals surface area contributed by atoms with Crippen molar-refractivity contribution in [3.8, 4) is 0 Å². The van der Waals surface area contributed by atoms with Gasteiger partial charge < -0.3 is 11.1 Å². The third-order valence-electron chi connectivity index (χ3n) is 2.60. The van der Waals surface area contributed by atoms with E-state index in [-0.39, 0.29) is 5.95 Å². The van der Waals surface area contributed by atoms with Gasteiger partial charge in [-0.2, -0.15) is 4.98 Å². The van der Waals surface area contributed by atoms with Crippen molar-refractivity contribution in [3.63, 3.8) is 0 Å². The summed E-state index contributed by atoms with van der Waals surface area (Å²) in [5.74, 6) is 1.44. The van der Waals surface area contributed by atoms with E-state index in [1.165, 1.54) is 5.56 Å². The first-order chi connectivity index (χ1) is 8.56. The maximum absolute atomic E-state index is 5.56. The van der Waals surface area contributed by atoms with Crippen LogP contribution in [0.5, 0.6) is 0 Å². The minimum Gasteiger partial charge on any atom is -0.368 e. The number of benzene rings is 1. The number of hydrogen-bond donors (Lipinski definition) is 2. The number of nitrogen functional groups attached to an aromatic ring is 1. The Morgan fingerprint density at radius 3 is 2.50 bits per heavy atom. The molecule has 18 heavy (non-hydrogen) atoms. The first-order valence-corrected chi connectivity index (χ1v) is 6.50. The molecule has 1 heterocycles. The molecular weight excluding hydrogens is 292 g/mol. The van der Waals surface area contributed by atoms with Crippen molar-refractivity contribution in [1.29, 1.82) is 0 Å². The number of nitrogens with one attached hydrogen (secondary N) is 1. The first-order valence-electron chi connectivity index (χ1n) is 5.71. The lowest BCUT2D eigenvalue weighted by molar-refractivity contribution is 0.867. The van der Waals surface area contributed by atoms with E-state index in [1.807, 2.05) is 12.1 Å². The molecule has 0 aliphatic carbocycles. The van der Waals surface area contributed by atoms with E-state index in [1.54, 1.807) is 6.20 Å². The highest BCUT2D eigenvalue weighted by Crippen LogP contribution is 2.24. The van der Waals surface area contributed by atoms with Gasteiger partial charge in [0.15, 0.2) is 0 Å². The van der Waals surface area contributed by atoms with Gasteiger partial charge in [-0.1, -0.05) is 26.0 Å². The summed E-state index contributed by atoms with van der Waals surface area (Å²) in [4.78, 5) is 8.03. The van der Waals surface area contributed by atoms with Crippen LogP contribution in [0.3, 0.4) is 0 Å². The van der Waals surface area contributed by atoms with Crippen molar-refractivity contribution in [2.45, 2.75) is 19.8 Å². The molecule has 5 heteroatoms. The first kappa shape index (κ1) is 12.8. The van der Waals surface area contributed by atoms with Crippen LogP contribution in [0.2, 0.25) is 0 Å². The number of rotatable bonds is 3. The van der Waals surface area contributed by atoms with Gasteiger partial charge in [0, 0.05) is 11.9 Å². The van der Waals surface area contributed by atoms with Gasteiger partial charge >= 0.3 is 0 Å². The number of hydrogen-bond acceptors (Lipinski definition) is 4. The van der Waals surface area contributed by atoms with E-state index in [2.05, 4.69) is 57.2 Å². The zero-order chi connectivity index (χ0) is 13.1. The minimum absolute atomic E-state index is 0.250. The molecule has 0 aliphatic heterocycles. The molecule has 4 nitrogen and oxygen atoms in total. The third-order valence-corrected chi connectivity index (χ3v) is 3.18. The largest absolute Gasteiger partial charge is 0.368 e. The van der Waals surface area contributed by atoms with E-state index >= 15 is 0 Å². The van der Waals surface area contributed by atoms with Crippen LogP contribution in [0.4, 0.5) is 17.5 Å². The Hall–Kier alpha value is -1.62. The quantitative estimate of drug-likeness (QED) is 0.908. The molecule has 0 saturated heterocycles. The Bertz CT molecular complexity index is 537. The Labute approximate surface area is 115 Å². The molecule has 0 unspecified atom stereocenters. The highest BCUT2D eigenvalue weighted by atomic mass is 79.9. The maximum atomic E-state index is 5.56. The standard InChI is InChI=1S/C13H15BrN4/c1-8(2)9-3-5-10(6-4-9)17-12-11(14)7-16-13(15)18-12/h3-8H,1-2H3,(H3,15,16,17,18). The predicted molar refractivity (Wildman–Crippen MR) is 78.0 cm³/mol. The lowest BCUT2D eigenvalue weighted by Crippen LogP contribution is -2.00. The maximum Gasteiger partial charge on any atom is 0.222 e. The van der Waals surface area contributed by atoms with Gasteiger partial charge in [-0.3, -0.25) is 0 Å². The van der Waals surface area contributed by atoms with Crippen LogP contribution in [0.1, 0.15) is 25.3 Å². The summed E-state index contributed by atoms with van der Waals surface area (Å²) < 4.78 is 0.782. The van der Waals surface area contributed by atoms with Crippen LogP contribution >= 0.6 is 15.9 Å². The highest BCUT2D eigenvalue weighted by Gasteiger charge is 2.04. The van der Waals surface area contributed by atoms with Gasteiger partial charge in [-0.15, -0.1) is 0 Å². The van der Waals surface area contributed by atoms with E-state index in [0.29, 0.717) is 11.7 Å². The van der Waals surface area contributed by atoms with E-state index < -0.39 is 0 Å². The molecule has 0 aliphatic rings. The van der Waals surface area contributed by atoms with Crippen molar-refractivity contribution in [3.05, 3.63) is 40.5 Å². The predicted octanol–water partition coefficient (Wildman–Crippen LogP) is 3.69. The second-order valence-electron chi connectivity index (χ2n) is 4.33. The molecule has 0 bridgehead atoms. The van der Waals surface area contributed by atoms with E-state index in [0.717, 1.165) is 10.2 Å². The topological polar surface area (TPSA) is 63.8 Å². The van der Waals surface area contributed by atoms with Crippen molar-refractivity contribution in [2.75, 3.05) is 11.1 Å². The Balaban J connectivity index is 2.21. The van der Waals surface area contributed by atoms with Gasteiger partial charge in [0.25, 0.3) is 0 Å². The molecule has 0 radical (unpaired) electrons. The summed E-state index contributed by atoms with van der Waals surface area (Å²) in [6.07, 6.45) is 1.63. The molecule has 1 aromatic heterocycles. The SMILES string of the molecule is CC(C)c1ccc(Nc2nc(N)ncc2Br)cc1. The van der Waals surface area contributed by atoms with Crippen LogP contribution in [-0.4, -0.2) is 9.97 Å².